The zero-order valence-corrected chi connectivity index (χ0v) is 15.2. The fourth-order valence-electron chi connectivity index (χ4n) is 2.49. The normalized spacial score (nSPS) is 10.6. The monoisotopic (exact) mass is 367 g/mol. The summed E-state index contributed by atoms with van der Waals surface area (Å²) in [6.45, 7) is 4.18. The Morgan fingerprint density at radius 2 is 1.85 bits per heavy atom. The van der Waals surface area contributed by atoms with Gasteiger partial charge in [-0.25, -0.2) is 4.68 Å². The second-order valence-electron chi connectivity index (χ2n) is 6.06. The third kappa shape index (κ3) is 4.00. The van der Waals surface area contributed by atoms with Gasteiger partial charge in [0.2, 0.25) is 0 Å². The van der Waals surface area contributed by atoms with E-state index in [4.69, 9.17) is 11.6 Å². The molecule has 0 radical (unpaired) electrons. The maximum absolute atomic E-state index is 12.5. The molecule has 0 aliphatic rings. The predicted octanol–water partition coefficient (Wildman–Crippen LogP) is 3.81. The van der Waals surface area contributed by atoms with Crippen molar-refractivity contribution < 1.29 is 4.79 Å². The fourth-order valence-corrected chi connectivity index (χ4v) is 2.68. The second-order valence-corrected chi connectivity index (χ2v) is 6.47. The number of carbonyl (C=O) groups excluding carboxylic acids is 1. The van der Waals surface area contributed by atoms with E-state index in [9.17, 15) is 9.59 Å². The molecule has 1 aromatic heterocycles. The van der Waals surface area contributed by atoms with E-state index >= 15 is 0 Å². The molecule has 0 aliphatic carbocycles. The van der Waals surface area contributed by atoms with Crippen LogP contribution in [0.3, 0.4) is 0 Å². The van der Waals surface area contributed by atoms with Gasteiger partial charge < -0.3 is 5.32 Å². The molecule has 3 aromatic rings. The van der Waals surface area contributed by atoms with E-state index in [2.05, 4.69) is 10.4 Å². The molecule has 0 saturated heterocycles. The molecule has 0 atom stereocenters. The van der Waals surface area contributed by atoms with Crippen LogP contribution in [0.5, 0.6) is 0 Å². The van der Waals surface area contributed by atoms with Crippen LogP contribution in [0.1, 0.15) is 27.2 Å². The Morgan fingerprint density at radius 1 is 1.08 bits per heavy atom. The predicted molar refractivity (Wildman–Crippen MR) is 103 cm³/mol. The summed E-state index contributed by atoms with van der Waals surface area (Å²) in [6, 6.07) is 15.6. The molecule has 0 bridgehead atoms. The first-order valence-electron chi connectivity index (χ1n) is 8.14. The summed E-state index contributed by atoms with van der Waals surface area (Å²) in [6.07, 6.45) is 0. The highest BCUT2D eigenvalue weighted by molar-refractivity contribution is 6.31. The number of halogens is 1. The number of hydrogen-bond donors (Lipinski definition) is 1. The van der Waals surface area contributed by atoms with E-state index in [0.717, 1.165) is 16.7 Å². The van der Waals surface area contributed by atoms with E-state index in [-0.39, 0.29) is 23.7 Å². The standard InChI is InChI=1S/C20H18ClN3O2/c1-13-7-8-16(11-14(13)2)22-20(26)18-9-10-19(25)24(23-18)12-15-5-3-4-6-17(15)21/h3-11H,12H2,1-2H3,(H,22,26). The number of aryl methyl sites for hydroxylation is 2. The summed E-state index contributed by atoms with van der Waals surface area (Å²) < 4.78 is 1.23. The molecule has 6 heteroatoms. The number of nitrogens with one attached hydrogen (secondary N) is 1. The lowest BCUT2D eigenvalue weighted by atomic mass is 10.1. The number of carbonyl (C=O) groups is 1. The minimum atomic E-state index is -0.374. The third-order valence-electron chi connectivity index (χ3n) is 4.14. The van der Waals surface area contributed by atoms with Crippen molar-refractivity contribution in [2.24, 2.45) is 0 Å². The number of aromatic nitrogens is 2. The summed E-state index contributed by atoms with van der Waals surface area (Å²) >= 11 is 6.14. The number of amides is 1. The molecular weight excluding hydrogens is 350 g/mol. The van der Waals surface area contributed by atoms with Gasteiger partial charge in [0.25, 0.3) is 11.5 Å². The van der Waals surface area contributed by atoms with Crippen molar-refractivity contribution in [2.75, 3.05) is 5.32 Å². The summed E-state index contributed by atoms with van der Waals surface area (Å²) in [5, 5.41) is 7.53. The minimum absolute atomic E-state index is 0.162. The summed E-state index contributed by atoms with van der Waals surface area (Å²) in [7, 11) is 0. The van der Waals surface area contributed by atoms with Crippen LogP contribution in [0.4, 0.5) is 5.69 Å². The SMILES string of the molecule is Cc1ccc(NC(=O)c2ccc(=O)n(Cc3ccccc3Cl)n2)cc1C. The van der Waals surface area contributed by atoms with Crippen molar-refractivity contribution in [2.45, 2.75) is 20.4 Å². The molecule has 1 N–H and O–H groups in total. The third-order valence-corrected chi connectivity index (χ3v) is 4.51. The van der Waals surface area contributed by atoms with E-state index in [1.807, 2.05) is 50.2 Å². The fraction of sp³-hybridized carbons (Fsp3) is 0.150. The van der Waals surface area contributed by atoms with Crippen molar-refractivity contribution >= 4 is 23.2 Å². The molecule has 3 rings (SSSR count). The van der Waals surface area contributed by atoms with Gasteiger partial charge in [-0.15, -0.1) is 0 Å². The topological polar surface area (TPSA) is 64.0 Å². The highest BCUT2D eigenvalue weighted by Gasteiger charge is 2.11. The van der Waals surface area contributed by atoms with Gasteiger partial charge in [-0.2, -0.15) is 5.10 Å². The number of benzene rings is 2. The van der Waals surface area contributed by atoms with Gasteiger partial charge in [-0.05, 0) is 54.8 Å². The Morgan fingerprint density at radius 3 is 2.58 bits per heavy atom. The minimum Gasteiger partial charge on any atom is -0.321 e. The van der Waals surface area contributed by atoms with Crippen LogP contribution in [-0.2, 0) is 6.54 Å². The lowest BCUT2D eigenvalue weighted by Gasteiger charge is -2.10. The summed E-state index contributed by atoms with van der Waals surface area (Å²) in [4.78, 5) is 24.6. The zero-order valence-electron chi connectivity index (χ0n) is 14.5. The molecule has 1 amide bonds. The molecule has 0 unspecified atom stereocenters. The van der Waals surface area contributed by atoms with Crippen LogP contribution in [-0.4, -0.2) is 15.7 Å². The highest BCUT2D eigenvalue weighted by Crippen LogP contribution is 2.16. The van der Waals surface area contributed by atoms with Crippen LogP contribution < -0.4 is 10.9 Å². The number of anilines is 1. The lowest BCUT2D eigenvalue weighted by molar-refractivity contribution is 0.102. The summed E-state index contributed by atoms with van der Waals surface area (Å²) in [5.41, 5.74) is 3.54. The van der Waals surface area contributed by atoms with E-state index in [0.29, 0.717) is 10.7 Å². The molecule has 0 aliphatic heterocycles. The van der Waals surface area contributed by atoms with Gasteiger partial charge in [0.1, 0.15) is 5.69 Å². The Labute approximate surface area is 156 Å². The van der Waals surface area contributed by atoms with Gasteiger partial charge in [0.05, 0.1) is 6.54 Å². The first-order valence-corrected chi connectivity index (χ1v) is 8.52. The molecule has 1 heterocycles. The van der Waals surface area contributed by atoms with Gasteiger partial charge in [0, 0.05) is 16.8 Å². The molecule has 2 aromatic carbocycles. The largest absolute Gasteiger partial charge is 0.321 e. The van der Waals surface area contributed by atoms with Gasteiger partial charge in [-0.1, -0.05) is 35.9 Å². The van der Waals surface area contributed by atoms with Crippen molar-refractivity contribution in [3.63, 3.8) is 0 Å². The first-order chi connectivity index (χ1) is 12.4. The molecule has 0 saturated carbocycles. The van der Waals surface area contributed by atoms with Crippen LogP contribution in [0.25, 0.3) is 0 Å². The molecule has 132 valence electrons. The van der Waals surface area contributed by atoms with E-state index in [1.54, 1.807) is 6.07 Å². The van der Waals surface area contributed by atoms with Crippen LogP contribution in [0, 0.1) is 13.8 Å². The van der Waals surface area contributed by atoms with E-state index in [1.165, 1.54) is 16.8 Å². The maximum Gasteiger partial charge on any atom is 0.276 e. The average Bonchev–Trinajstić information content (AvgIpc) is 2.62. The van der Waals surface area contributed by atoms with Crippen LogP contribution in [0.2, 0.25) is 5.02 Å². The number of nitrogens with zero attached hydrogens (tertiary/aromatic N) is 2. The Hall–Kier alpha value is -2.92. The Balaban J connectivity index is 1.84. The quantitative estimate of drug-likeness (QED) is 0.762. The second kappa shape index (κ2) is 7.54. The van der Waals surface area contributed by atoms with Gasteiger partial charge in [-0.3, -0.25) is 9.59 Å². The smallest absolute Gasteiger partial charge is 0.276 e. The summed E-state index contributed by atoms with van der Waals surface area (Å²) in [5.74, 6) is -0.374. The average molecular weight is 368 g/mol. The van der Waals surface area contributed by atoms with E-state index < -0.39 is 0 Å². The molecular formula is C20H18ClN3O2. The van der Waals surface area contributed by atoms with Crippen molar-refractivity contribution in [1.29, 1.82) is 0 Å². The zero-order chi connectivity index (χ0) is 18.7. The van der Waals surface area contributed by atoms with Gasteiger partial charge >= 0.3 is 0 Å². The van der Waals surface area contributed by atoms with Crippen molar-refractivity contribution in [3.8, 4) is 0 Å². The van der Waals surface area contributed by atoms with Crippen LogP contribution in [0.15, 0.2) is 59.4 Å². The van der Waals surface area contributed by atoms with Crippen molar-refractivity contribution in [3.05, 3.63) is 92.4 Å². The maximum atomic E-state index is 12.5. The van der Waals surface area contributed by atoms with Gasteiger partial charge in [0.15, 0.2) is 0 Å². The highest BCUT2D eigenvalue weighted by atomic mass is 35.5. The molecule has 0 spiro atoms. The number of hydrogen-bond acceptors (Lipinski definition) is 3. The van der Waals surface area contributed by atoms with Crippen LogP contribution >= 0.6 is 11.6 Å². The molecule has 26 heavy (non-hydrogen) atoms. The lowest BCUT2D eigenvalue weighted by Crippen LogP contribution is -2.26. The molecule has 0 fully saturated rings. The molecule has 5 nitrogen and oxygen atoms in total. The Kier molecular flexibility index (Phi) is 5.19. The van der Waals surface area contributed by atoms with Crippen molar-refractivity contribution in [1.82, 2.24) is 9.78 Å². The first kappa shape index (κ1) is 17.9. The Bertz CT molecular complexity index is 1030. The number of rotatable bonds is 4.